The standard InChI is InChI=1S/C12H16BrN/c1-14-12(8-4-5-9-12)10-6-2-3-7-11(10)13/h2-3,6-7,14H,4-5,8-9H2,1H3. The van der Waals surface area contributed by atoms with E-state index in [9.17, 15) is 0 Å². The van der Waals surface area contributed by atoms with Gasteiger partial charge in [-0.2, -0.15) is 0 Å². The maximum atomic E-state index is 3.64. The molecule has 1 N–H and O–H groups in total. The van der Waals surface area contributed by atoms with Crippen molar-refractivity contribution in [2.24, 2.45) is 0 Å². The van der Waals surface area contributed by atoms with Gasteiger partial charge in [-0.15, -0.1) is 0 Å². The summed E-state index contributed by atoms with van der Waals surface area (Å²) in [6, 6.07) is 8.56. The largest absolute Gasteiger partial charge is 0.310 e. The van der Waals surface area contributed by atoms with Crippen LogP contribution in [0, 0.1) is 0 Å². The summed E-state index contributed by atoms with van der Waals surface area (Å²) in [5.74, 6) is 0. The number of hydrogen-bond donors (Lipinski definition) is 1. The van der Waals surface area contributed by atoms with Gasteiger partial charge in [0, 0.05) is 10.0 Å². The minimum atomic E-state index is 0.222. The summed E-state index contributed by atoms with van der Waals surface area (Å²) >= 11 is 3.64. The van der Waals surface area contributed by atoms with Crippen LogP contribution < -0.4 is 5.32 Å². The Morgan fingerprint density at radius 3 is 2.43 bits per heavy atom. The molecule has 1 aromatic rings. The van der Waals surface area contributed by atoms with Crippen LogP contribution in [0.4, 0.5) is 0 Å². The molecular formula is C12H16BrN. The highest BCUT2D eigenvalue weighted by Gasteiger charge is 2.34. The second-order valence-corrected chi connectivity index (χ2v) is 4.87. The Morgan fingerprint density at radius 2 is 1.86 bits per heavy atom. The van der Waals surface area contributed by atoms with Crippen LogP contribution in [0.3, 0.4) is 0 Å². The summed E-state index contributed by atoms with van der Waals surface area (Å²) in [7, 11) is 2.07. The van der Waals surface area contributed by atoms with E-state index in [2.05, 4.69) is 52.6 Å². The number of nitrogens with one attached hydrogen (secondary N) is 1. The third kappa shape index (κ3) is 1.61. The Kier molecular flexibility index (Phi) is 2.93. The molecule has 0 unspecified atom stereocenters. The van der Waals surface area contributed by atoms with Gasteiger partial charge in [0.1, 0.15) is 0 Å². The van der Waals surface area contributed by atoms with Crippen molar-refractivity contribution in [2.75, 3.05) is 7.05 Å². The minimum absolute atomic E-state index is 0.222. The van der Waals surface area contributed by atoms with Gasteiger partial charge in [0.2, 0.25) is 0 Å². The van der Waals surface area contributed by atoms with Gasteiger partial charge in [0.05, 0.1) is 0 Å². The van der Waals surface area contributed by atoms with E-state index in [1.807, 2.05) is 0 Å². The first-order valence-electron chi connectivity index (χ1n) is 5.22. The van der Waals surface area contributed by atoms with E-state index in [1.165, 1.54) is 35.7 Å². The Labute approximate surface area is 94.0 Å². The van der Waals surface area contributed by atoms with Gasteiger partial charge in [0.15, 0.2) is 0 Å². The Hall–Kier alpha value is -0.340. The normalized spacial score (nSPS) is 19.9. The van der Waals surface area contributed by atoms with E-state index in [0.29, 0.717) is 0 Å². The fraction of sp³-hybridized carbons (Fsp3) is 0.500. The summed E-state index contributed by atoms with van der Waals surface area (Å²) in [6.07, 6.45) is 5.18. The predicted octanol–water partition coefficient (Wildman–Crippen LogP) is 3.44. The van der Waals surface area contributed by atoms with Crippen molar-refractivity contribution in [3.05, 3.63) is 34.3 Å². The molecule has 0 aliphatic heterocycles. The molecule has 2 heteroatoms. The molecule has 76 valence electrons. The maximum Gasteiger partial charge on any atom is 0.0443 e. The summed E-state index contributed by atoms with van der Waals surface area (Å²) in [4.78, 5) is 0. The molecule has 2 rings (SSSR count). The van der Waals surface area contributed by atoms with Gasteiger partial charge in [-0.3, -0.25) is 0 Å². The number of halogens is 1. The van der Waals surface area contributed by atoms with Crippen LogP contribution in [0.25, 0.3) is 0 Å². The van der Waals surface area contributed by atoms with Gasteiger partial charge in [-0.25, -0.2) is 0 Å². The molecule has 0 saturated heterocycles. The zero-order valence-electron chi connectivity index (χ0n) is 8.52. The Bertz CT molecular complexity index is 316. The molecular weight excluding hydrogens is 238 g/mol. The highest BCUT2D eigenvalue weighted by molar-refractivity contribution is 9.10. The second kappa shape index (κ2) is 4.03. The predicted molar refractivity (Wildman–Crippen MR) is 63.3 cm³/mol. The minimum Gasteiger partial charge on any atom is -0.310 e. The molecule has 0 atom stereocenters. The summed E-state index contributed by atoms with van der Waals surface area (Å²) in [5, 5.41) is 3.50. The van der Waals surface area contributed by atoms with Crippen molar-refractivity contribution >= 4 is 15.9 Å². The van der Waals surface area contributed by atoms with Crippen molar-refractivity contribution in [1.29, 1.82) is 0 Å². The lowest BCUT2D eigenvalue weighted by atomic mass is 9.88. The molecule has 0 heterocycles. The molecule has 1 fully saturated rings. The van der Waals surface area contributed by atoms with Crippen molar-refractivity contribution < 1.29 is 0 Å². The second-order valence-electron chi connectivity index (χ2n) is 4.02. The monoisotopic (exact) mass is 253 g/mol. The third-order valence-corrected chi connectivity index (χ3v) is 4.02. The molecule has 0 bridgehead atoms. The molecule has 0 aromatic heterocycles. The summed E-state index contributed by atoms with van der Waals surface area (Å²) in [6.45, 7) is 0. The first kappa shape index (κ1) is 10.2. The van der Waals surface area contributed by atoms with E-state index in [0.717, 1.165) is 0 Å². The van der Waals surface area contributed by atoms with Crippen LogP contribution in [0.2, 0.25) is 0 Å². The first-order chi connectivity index (χ1) is 6.78. The number of rotatable bonds is 2. The lowest BCUT2D eigenvalue weighted by Gasteiger charge is -2.30. The quantitative estimate of drug-likeness (QED) is 0.852. The van der Waals surface area contributed by atoms with Crippen LogP contribution in [0.15, 0.2) is 28.7 Å². The average Bonchev–Trinajstić information content (AvgIpc) is 2.68. The molecule has 1 aliphatic carbocycles. The van der Waals surface area contributed by atoms with Crippen LogP contribution in [-0.2, 0) is 5.54 Å². The van der Waals surface area contributed by atoms with Crippen molar-refractivity contribution in [3.8, 4) is 0 Å². The summed E-state index contributed by atoms with van der Waals surface area (Å²) in [5.41, 5.74) is 1.64. The Balaban J connectivity index is 2.41. The van der Waals surface area contributed by atoms with Crippen LogP contribution in [-0.4, -0.2) is 7.05 Å². The topological polar surface area (TPSA) is 12.0 Å². The molecule has 1 aliphatic rings. The van der Waals surface area contributed by atoms with Gasteiger partial charge < -0.3 is 5.32 Å². The molecule has 1 saturated carbocycles. The highest BCUT2D eigenvalue weighted by Crippen LogP contribution is 2.41. The smallest absolute Gasteiger partial charge is 0.0443 e. The van der Waals surface area contributed by atoms with Gasteiger partial charge in [0.25, 0.3) is 0 Å². The van der Waals surface area contributed by atoms with Gasteiger partial charge in [-0.1, -0.05) is 47.0 Å². The number of hydrogen-bond acceptors (Lipinski definition) is 1. The van der Waals surface area contributed by atoms with Crippen molar-refractivity contribution in [3.63, 3.8) is 0 Å². The lowest BCUT2D eigenvalue weighted by molar-refractivity contribution is 0.371. The van der Waals surface area contributed by atoms with Crippen LogP contribution in [0.1, 0.15) is 31.2 Å². The van der Waals surface area contributed by atoms with Crippen molar-refractivity contribution in [2.45, 2.75) is 31.2 Å². The molecule has 14 heavy (non-hydrogen) atoms. The van der Waals surface area contributed by atoms with E-state index < -0.39 is 0 Å². The van der Waals surface area contributed by atoms with E-state index in [1.54, 1.807) is 0 Å². The fourth-order valence-electron chi connectivity index (χ4n) is 2.48. The fourth-order valence-corrected chi connectivity index (χ4v) is 3.15. The van der Waals surface area contributed by atoms with Crippen molar-refractivity contribution in [1.82, 2.24) is 5.32 Å². The van der Waals surface area contributed by atoms with E-state index >= 15 is 0 Å². The van der Waals surface area contributed by atoms with Gasteiger partial charge in [-0.05, 0) is 31.5 Å². The summed E-state index contributed by atoms with van der Waals surface area (Å²) < 4.78 is 1.23. The first-order valence-corrected chi connectivity index (χ1v) is 6.02. The molecule has 0 spiro atoms. The zero-order chi connectivity index (χ0) is 10.0. The van der Waals surface area contributed by atoms with E-state index in [-0.39, 0.29) is 5.54 Å². The molecule has 0 amide bonds. The Morgan fingerprint density at radius 1 is 1.21 bits per heavy atom. The lowest BCUT2D eigenvalue weighted by Crippen LogP contribution is -2.37. The molecule has 1 nitrogen and oxygen atoms in total. The van der Waals surface area contributed by atoms with Gasteiger partial charge >= 0.3 is 0 Å². The van der Waals surface area contributed by atoms with Crippen LogP contribution in [0.5, 0.6) is 0 Å². The SMILES string of the molecule is CNC1(c2ccccc2Br)CCCC1. The highest BCUT2D eigenvalue weighted by atomic mass is 79.9. The molecule has 1 aromatic carbocycles. The molecule has 0 radical (unpaired) electrons. The number of benzene rings is 1. The average molecular weight is 254 g/mol. The van der Waals surface area contributed by atoms with E-state index in [4.69, 9.17) is 0 Å². The maximum absolute atomic E-state index is 3.64. The van der Waals surface area contributed by atoms with Crippen LogP contribution >= 0.6 is 15.9 Å². The zero-order valence-corrected chi connectivity index (χ0v) is 10.1. The third-order valence-electron chi connectivity index (χ3n) is 3.33.